The largest absolute Gasteiger partial charge is 0.423 e. The van der Waals surface area contributed by atoms with Crippen LogP contribution in [0.3, 0.4) is 0 Å². The summed E-state index contributed by atoms with van der Waals surface area (Å²) in [6, 6.07) is 11.2. The predicted molar refractivity (Wildman–Crippen MR) is 103 cm³/mol. The van der Waals surface area contributed by atoms with E-state index in [4.69, 9.17) is 4.74 Å². The van der Waals surface area contributed by atoms with Gasteiger partial charge in [0, 0.05) is 23.3 Å². The smallest absolute Gasteiger partial charge is 0.409 e. The van der Waals surface area contributed by atoms with Gasteiger partial charge in [0.2, 0.25) is 0 Å². The van der Waals surface area contributed by atoms with Gasteiger partial charge in [-0.2, -0.15) is 13.2 Å². The lowest BCUT2D eigenvalue weighted by Crippen LogP contribution is -2.08. The highest BCUT2D eigenvalue weighted by Crippen LogP contribution is 2.30. The molecule has 3 aromatic carbocycles. The summed E-state index contributed by atoms with van der Waals surface area (Å²) in [5.74, 6) is -4.36. The first-order valence-electron chi connectivity index (χ1n) is 8.87. The Bertz CT molecular complexity index is 1120. The molecule has 0 aliphatic heterocycles. The number of esters is 1. The third kappa shape index (κ3) is 5.53. The van der Waals surface area contributed by atoms with Crippen LogP contribution in [0.4, 0.5) is 26.3 Å². The molecule has 160 valence electrons. The Morgan fingerprint density at radius 2 is 1.48 bits per heavy atom. The van der Waals surface area contributed by atoms with Crippen molar-refractivity contribution in [2.45, 2.75) is 13.1 Å². The number of carbonyl (C=O) groups excluding carboxylic acids is 1. The molecule has 2 nitrogen and oxygen atoms in total. The van der Waals surface area contributed by atoms with Gasteiger partial charge in [-0.05, 0) is 55.0 Å². The molecule has 8 heteroatoms. The van der Waals surface area contributed by atoms with Crippen LogP contribution in [-0.2, 0) is 0 Å². The van der Waals surface area contributed by atoms with E-state index >= 15 is 0 Å². The first-order valence-corrected chi connectivity index (χ1v) is 8.87. The highest BCUT2D eigenvalue weighted by Gasteiger charge is 2.23. The molecule has 0 spiro atoms. The second kappa shape index (κ2) is 8.67. The van der Waals surface area contributed by atoms with Crippen molar-refractivity contribution in [3.05, 3.63) is 94.8 Å². The Hall–Kier alpha value is -3.55. The normalized spacial score (nSPS) is 11.7. The van der Waals surface area contributed by atoms with Crippen LogP contribution < -0.4 is 4.74 Å². The molecule has 0 saturated carbocycles. The molecular weight excluding hydrogens is 422 g/mol. The molecule has 0 saturated heterocycles. The van der Waals surface area contributed by atoms with Crippen molar-refractivity contribution in [2.75, 3.05) is 0 Å². The zero-order valence-electron chi connectivity index (χ0n) is 15.9. The predicted octanol–water partition coefficient (Wildman–Crippen LogP) is 6.87. The Balaban J connectivity index is 1.85. The Morgan fingerprint density at radius 3 is 2.03 bits per heavy atom. The molecule has 0 atom stereocenters. The van der Waals surface area contributed by atoms with Gasteiger partial charge >= 0.3 is 12.1 Å². The summed E-state index contributed by atoms with van der Waals surface area (Å²) in [7, 11) is 0. The Labute approximate surface area is 173 Å². The molecule has 0 heterocycles. The monoisotopic (exact) mass is 436 g/mol. The number of allylic oxidation sites excluding steroid dienone is 1. The number of aryl methyl sites for hydroxylation is 1. The van der Waals surface area contributed by atoms with Crippen LogP contribution >= 0.6 is 0 Å². The topological polar surface area (TPSA) is 26.3 Å². The number of benzene rings is 3. The minimum absolute atomic E-state index is 0.127. The van der Waals surface area contributed by atoms with Gasteiger partial charge < -0.3 is 4.74 Å². The van der Waals surface area contributed by atoms with Crippen LogP contribution in [0.1, 0.15) is 21.5 Å². The number of carbonyl (C=O) groups is 1. The van der Waals surface area contributed by atoms with Gasteiger partial charge in [0.25, 0.3) is 0 Å². The molecule has 0 fully saturated rings. The maximum atomic E-state index is 14.5. The minimum atomic E-state index is -4.74. The summed E-state index contributed by atoms with van der Waals surface area (Å²) < 4.78 is 84.6. The van der Waals surface area contributed by atoms with Crippen molar-refractivity contribution in [2.24, 2.45) is 0 Å². The lowest BCUT2D eigenvalue weighted by molar-refractivity contribution is -0.0790. The summed E-state index contributed by atoms with van der Waals surface area (Å²) in [5, 5.41) is 0. The molecular formula is C23H14F6O2. The van der Waals surface area contributed by atoms with E-state index in [-0.39, 0.29) is 34.6 Å². The van der Waals surface area contributed by atoms with Crippen LogP contribution in [0.15, 0.2) is 60.7 Å². The number of rotatable bonds is 4. The van der Waals surface area contributed by atoms with Crippen LogP contribution in [0.2, 0.25) is 0 Å². The lowest BCUT2D eigenvalue weighted by atomic mass is 10.0. The van der Waals surface area contributed by atoms with Crippen molar-refractivity contribution in [3.63, 3.8) is 0 Å². The van der Waals surface area contributed by atoms with Crippen LogP contribution in [0.25, 0.3) is 17.2 Å². The van der Waals surface area contributed by atoms with E-state index in [1.54, 1.807) is 24.3 Å². The third-order valence-electron chi connectivity index (χ3n) is 4.27. The molecule has 0 bridgehead atoms. The molecule has 0 N–H and O–H groups in total. The molecule has 0 aliphatic carbocycles. The van der Waals surface area contributed by atoms with Crippen LogP contribution in [0, 0.1) is 24.4 Å². The van der Waals surface area contributed by atoms with Crippen molar-refractivity contribution < 1.29 is 35.9 Å². The number of alkyl halides is 3. The molecule has 31 heavy (non-hydrogen) atoms. The zero-order valence-corrected chi connectivity index (χ0v) is 15.9. The quantitative estimate of drug-likeness (QED) is 0.253. The molecule has 0 aromatic heterocycles. The van der Waals surface area contributed by atoms with E-state index < -0.39 is 35.2 Å². The van der Waals surface area contributed by atoms with E-state index in [1.165, 1.54) is 6.07 Å². The highest BCUT2D eigenvalue weighted by molar-refractivity contribution is 5.91. The first-order chi connectivity index (χ1) is 14.5. The van der Waals surface area contributed by atoms with E-state index in [0.717, 1.165) is 29.8 Å². The van der Waals surface area contributed by atoms with E-state index in [0.29, 0.717) is 0 Å². The summed E-state index contributed by atoms with van der Waals surface area (Å²) in [6.45, 7) is 1.84. The maximum Gasteiger partial charge on any atom is 0.409 e. The summed E-state index contributed by atoms with van der Waals surface area (Å²) in [6.07, 6.45) is -4.78. The fourth-order valence-corrected chi connectivity index (χ4v) is 2.73. The first kappa shape index (κ1) is 22.1. The summed E-state index contributed by atoms with van der Waals surface area (Å²) in [4.78, 5) is 12.1. The standard InChI is InChI=1S/C23H14F6O2/c1-13-2-4-14(5-3-13)22(30)31-16-6-7-17(21(26)12-16)15-10-19(24)18(20(25)11-15)8-9-23(27,28)29/h2-12H,1H3/b9-8+. The van der Waals surface area contributed by atoms with E-state index in [2.05, 4.69) is 0 Å². The second-order valence-corrected chi connectivity index (χ2v) is 6.63. The van der Waals surface area contributed by atoms with E-state index in [1.807, 2.05) is 6.92 Å². The van der Waals surface area contributed by atoms with Gasteiger partial charge in [-0.1, -0.05) is 17.7 Å². The SMILES string of the molecule is Cc1ccc(C(=O)Oc2ccc(-c3cc(F)c(/C=C/C(F)(F)F)c(F)c3)c(F)c2)cc1. The van der Waals surface area contributed by atoms with Crippen molar-refractivity contribution in [1.29, 1.82) is 0 Å². The second-order valence-electron chi connectivity index (χ2n) is 6.63. The fraction of sp³-hybridized carbons (Fsp3) is 0.0870. The molecule has 0 amide bonds. The van der Waals surface area contributed by atoms with Gasteiger partial charge in [0.05, 0.1) is 5.56 Å². The number of halogens is 6. The van der Waals surface area contributed by atoms with Gasteiger partial charge in [0.1, 0.15) is 23.2 Å². The average Bonchev–Trinajstić information content (AvgIpc) is 2.67. The molecule has 0 aliphatic rings. The zero-order chi connectivity index (χ0) is 22.8. The lowest BCUT2D eigenvalue weighted by Gasteiger charge is -2.09. The average molecular weight is 436 g/mol. The number of ether oxygens (including phenoxy) is 1. The minimum Gasteiger partial charge on any atom is -0.423 e. The highest BCUT2D eigenvalue weighted by atomic mass is 19.4. The van der Waals surface area contributed by atoms with Gasteiger partial charge in [-0.3, -0.25) is 0 Å². The molecule has 3 aromatic rings. The number of hydrogen-bond donors (Lipinski definition) is 0. The van der Waals surface area contributed by atoms with Crippen LogP contribution in [-0.4, -0.2) is 12.1 Å². The third-order valence-corrected chi connectivity index (χ3v) is 4.27. The number of hydrogen-bond acceptors (Lipinski definition) is 2. The van der Waals surface area contributed by atoms with Gasteiger partial charge in [-0.25, -0.2) is 18.0 Å². The Morgan fingerprint density at radius 1 is 0.871 bits per heavy atom. The van der Waals surface area contributed by atoms with Crippen molar-refractivity contribution in [3.8, 4) is 16.9 Å². The summed E-state index contributed by atoms with van der Waals surface area (Å²) in [5.41, 5.74) is -0.162. The van der Waals surface area contributed by atoms with E-state index in [9.17, 15) is 31.1 Å². The Kier molecular flexibility index (Phi) is 6.19. The van der Waals surface area contributed by atoms with Gasteiger partial charge in [-0.15, -0.1) is 0 Å². The molecule has 0 radical (unpaired) electrons. The maximum absolute atomic E-state index is 14.5. The van der Waals surface area contributed by atoms with Crippen molar-refractivity contribution in [1.82, 2.24) is 0 Å². The molecule has 3 rings (SSSR count). The molecule has 0 unspecified atom stereocenters. The fourth-order valence-electron chi connectivity index (χ4n) is 2.73. The summed E-state index contributed by atoms with van der Waals surface area (Å²) >= 11 is 0. The van der Waals surface area contributed by atoms with Gasteiger partial charge in [0.15, 0.2) is 0 Å². The van der Waals surface area contributed by atoms with Crippen LogP contribution in [0.5, 0.6) is 5.75 Å². The van der Waals surface area contributed by atoms with Crippen molar-refractivity contribution >= 4 is 12.0 Å².